The van der Waals surface area contributed by atoms with Crippen LogP contribution in [-0.4, -0.2) is 30.9 Å². The van der Waals surface area contributed by atoms with Crippen LogP contribution < -0.4 is 5.73 Å². The topological polar surface area (TPSA) is 113 Å². The molecule has 5 heterocycles. The molecule has 8 heteroatoms. The van der Waals surface area contributed by atoms with E-state index >= 15 is 0 Å². The van der Waals surface area contributed by atoms with Crippen molar-refractivity contribution in [1.29, 1.82) is 0 Å². The van der Waals surface area contributed by atoms with E-state index in [1.807, 2.05) is 36.5 Å². The summed E-state index contributed by atoms with van der Waals surface area (Å²) in [5.41, 5.74) is 13.0. The van der Waals surface area contributed by atoms with Crippen LogP contribution in [0, 0.1) is 0 Å². The predicted molar refractivity (Wildman–Crippen MR) is 132 cm³/mol. The van der Waals surface area contributed by atoms with Gasteiger partial charge in [-0.2, -0.15) is 5.10 Å². The second kappa shape index (κ2) is 7.39. The van der Waals surface area contributed by atoms with E-state index in [0.717, 1.165) is 59.6 Å². The minimum Gasteiger partial charge on any atom is -0.397 e. The van der Waals surface area contributed by atoms with Gasteiger partial charge in [0.1, 0.15) is 5.69 Å². The van der Waals surface area contributed by atoms with E-state index in [2.05, 4.69) is 37.3 Å². The lowest BCUT2D eigenvalue weighted by atomic mass is 10.0. The summed E-state index contributed by atoms with van der Waals surface area (Å²) in [5.74, 6) is 0.0651. The first kappa shape index (κ1) is 19.4. The van der Waals surface area contributed by atoms with Crippen molar-refractivity contribution in [1.82, 2.24) is 25.1 Å². The molecule has 0 saturated carbocycles. The summed E-state index contributed by atoms with van der Waals surface area (Å²) in [6.07, 6.45) is 7.08. The SMILES string of the molecule is CC(=O)c1ccc(-c2cncc3[nH]c(-c4n[nH]c5ccc(-c6cncc(N)c6)cc45)cc23)s1. The summed E-state index contributed by atoms with van der Waals surface area (Å²) in [6.45, 7) is 1.58. The Bertz CT molecular complexity index is 1680. The van der Waals surface area contributed by atoms with E-state index in [4.69, 9.17) is 5.73 Å². The van der Waals surface area contributed by atoms with Crippen LogP contribution in [0.25, 0.3) is 54.8 Å². The summed E-state index contributed by atoms with van der Waals surface area (Å²) in [4.78, 5) is 25.6. The molecule has 6 rings (SSSR count). The monoisotopic (exact) mass is 450 g/mol. The van der Waals surface area contributed by atoms with Gasteiger partial charge in [-0.1, -0.05) is 6.07 Å². The fourth-order valence-corrected chi connectivity index (χ4v) is 4.99. The number of H-pyrrole nitrogens is 2. The molecule has 5 aromatic heterocycles. The molecule has 33 heavy (non-hydrogen) atoms. The molecule has 0 radical (unpaired) electrons. The molecule has 1 aromatic carbocycles. The number of hydrogen-bond donors (Lipinski definition) is 3. The number of rotatable bonds is 4. The van der Waals surface area contributed by atoms with Crippen LogP contribution in [0.1, 0.15) is 16.6 Å². The first-order valence-corrected chi connectivity index (χ1v) is 11.2. The maximum atomic E-state index is 11.8. The van der Waals surface area contributed by atoms with Gasteiger partial charge in [0, 0.05) is 45.4 Å². The molecule has 160 valence electrons. The maximum Gasteiger partial charge on any atom is 0.169 e. The van der Waals surface area contributed by atoms with Gasteiger partial charge in [0.25, 0.3) is 0 Å². The molecular weight excluding hydrogens is 432 g/mol. The van der Waals surface area contributed by atoms with E-state index in [1.54, 1.807) is 25.5 Å². The molecule has 7 nitrogen and oxygen atoms in total. The van der Waals surface area contributed by atoms with Crippen LogP contribution >= 0.6 is 11.3 Å². The van der Waals surface area contributed by atoms with Gasteiger partial charge in [-0.15, -0.1) is 11.3 Å². The van der Waals surface area contributed by atoms with Crippen molar-refractivity contribution in [2.24, 2.45) is 0 Å². The van der Waals surface area contributed by atoms with Crippen molar-refractivity contribution in [3.05, 3.63) is 72.1 Å². The highest BCUT2D eigenvalue weighted by Crippen LogP contribution is 2.37. The van der Waals surface area contributed by atoms with Crippen molar-refractivity contribution in [3.63, 3.8) is 0 Å². The van der Waals surface area contributed by atoms with Gasteiger partial charge in [-0.25, -0.2) is 0 Å². The third-order valence-corrected chi connectivity index (χ3v) is 6.89. The number of fused-ring (bicyclic) bond motifs is 2. The number of hydrogen-bond acceptors (Lipinski definition) is 6. The van der Waals surface area contributed by atoms with Crippen LogP contribution in [0.5, 0.6) is 0 Å². The zero-order valence-electron chi connectivity index (χ0n) is 17.6. The lowest BCUT2D eigenvalue weighted by Crippen LogP contribution is -1.87. The third kappa shape index (κ3) is 3.28. The minimum atomic E-state index is 0.0651. The van der Waals surface area contributed by atoms with Gasteiger partial charge < -0.3 is 10.7 Å². The zero-order valence-corrected chi connectivity index (χ0v) is 18.4. The Morgan fingerprint density at radius 2 is 1.79 bits per heavy atom. The number of anilines is 1. The van der Waals surface area contributed by atoms with Gasteiger partial charge in [-0.05, 0) is 48.9 Å². The fraction of sp³-hybridized carbons (Fsp3) is 0.0400. The van der Waals surface area contributed by atoms with Crippen LogP contribution in [0.15, 0.2) is 67.3 Å². The molecule has 0 aliphatic rings. The van der Waals surface area contributed by atoms with Gasteiger partial charge >= 0.3 is 0 Å². The predicted octanol–water partition coefficient (Wildman–Crippen LogP) is 5.68. The Hall–Kier alpha value is -4.30. The second-order valence-electron chi connectivity index (χ2n) is 7.89. The number of thiophene rings is 1. The van der Waals surface area contributed by atoms with Crippen molar-refractivity contribution < 1.29 is 4.79 Å². The highest BCUT2D eigenvalue weighted by Gasteiger charge is 2.16. The zero-order chi connectivity index (χ0) is 22.5. The first-order valence-electron chi connectivity index (χ1n) is 10.3. The van der Waals surface area contributed by atoms with E-state index in [-0.39, 0.29) is 5.78 Å². The van der Waals surface area contributed by atoms with Crippen LogP contribution in [0.4, 0.5) is 5.69 Å². The van der Waals surface area contributed by atoms with Gasteiger partial charge in [0.15, 0.2) is 5.78 Å². The van der Waals surface area contributed by atoms with Crippen molar-refractivity contribution in [2.45, 2.75) is 6.92 Å². The lowest BCUT2D eigenvalue weighted by molar-refractivity contribution is 0.102. The van der Waals surface area contributed by atoms with E-state index in [9.17, 15) is 4.79 Å². The third-order valence-electron chi connectivity index (χ3n) is 5.67. The number of carbonyl (C=O) groups is 1. The standard InChI is InChI=1S/C25H18N6OS/c1-13(32)23-4-5-24(33-23)19-11-28-12-22-17(19)8-21(29-22)25-18-7-14(2-3-20(18)30-31-25)15-6-16(26)10-27-9-15/h2-12,29H,26H2,1H3,(H,30,31). The van der Waals surface area contributed by atoms with Crippen molar-refractivity contribution in [2.75, 3.05) is 5.73 Å². The molecule has 0 amide bonds. The van der Waals surface area contributed by atoms with E-state index < -0.39 is 0 Å². The van der Waals surface area contributed by atoms with Gasteiger partial charge in [0.05, 0.1) is 33.5 Å². The summed E-state index contributed by atoms with van der Waals surface area (Å²) in [7, 11) is 0. The van der Waals surface area contributed by atoms with Crippen LogP contribution in [-0.2, 0) is 0 Å². The largest absolute Gasteiger partial charge is 0.397 e. The Balaban J connectivity index is 1.48. The number of carbonyl (C=O) groups excluding carboxylic acids is 1. The maximum absolute atomic E-state index is 11.8. The summed E-state index contributed by atoms with van der Waals surface area (Å²) in [5, 5.41) is 9.73. The number of benzene rings is 1. The Labute approximate surface area is 192 Å². The summed E-state index contributed by atoms with van der Waals surface area (Å²) < 4.78 is 0. The number of nitrogens with two attached hydrogens (primary N) is 1. The first-order chi connectivity index (χ1) is 16.1. The molecule has 0 aliphatic carbocycles. The molecule has 0 atom stereocenters. The normalized spacial score (nSPS) is 11.4. The number of nitrogens with one attached hydrogen (secondary N) is 2. The number of Topliss-reactive ketones (excluding diaryl/α,β-unsaturated/α-hetero) is 1. The van der Waals surface area contributed by atoms with Crippen LogP contribution in [0.3, 0.4) is 0 Å². The minimum absolute atomic E-state index is 0.0651. The molecule has 0 saturated heterocycles. The number of ketones is 1. The molecular formula is C25H18N6OS. The molecule has 0 unspecified atom stereocenters. The summed E-state index contributed by atoms with van der Waals surface area (Å²) in [6, 6.07) is 14.0. The van der Waals surface area contributed by atoms with Crippen molar-refractivity contribution >= 4 is 44.6 Å². The number of aromatic nitrogens is 5. The lowest BCUT2D eigenvalue weighted by Gasteiger charge is -2.03. The van der Waals surface area contributed by atoms with E-state index in [1.165, 1.54) is 11.3 Å². The number of nitrogens with zero attached hydrogens (tertiary/aromatic N) is 3. The molecule has 0 aliphatic heterocycles. The Kier molecular flexibility index (Phi) is 4.34. The number of nitrogen functional groups attached to an aromatic ring is 1. The summed E-state index contributed by atoms with van der Waals surface area (Å²) >= 11 is 1.48. The highest BCUT2D eigenvalue weighted by atomic mass is 32.1. The van der Waals surface area contributed by atoms with Gasteiger partial charge in [0.2, 0.25) is 0 Å². The van der Waals surface area contributed by atoms with Crippen LogP contribution in [0.2, 0.25) is 0 Å². The van der Waals surface area contributed by atoms with Crippen molar-refractivity contribution in [3.8, 4) is 33.0 Å². The molecule has 6 aromatic rings. The average Bonchev–Trinajstić information content (AvgIpc) is 3.55. The Morgan fingerprint density at radius 3 is 2.61 bits per heavy atom. The fourth-order valence-electron chi connectivity index (χ4n) is 4.06. The quantitative estimate of drug-likeness (QED) is 0.299. The van der Waals surface area contributed by atoms with Gasteiger partial charge in [-0.3, -0.25) is 19.9 Å². The average molecular weight is 451 g/mol. The molecule has 4 N–H and O–H groups in total. The molecule has 0 spiro atoms. The number of aromatic amines is 2. The second-order valence-corrected chi connectivity index (χ2v) is 8.97. The number of pyridine rings is 2. The smallest absolute Gasteiger partial charge is 0.169 e. The highest BCUT2D eigenvalue weighted by molar-refractivity contribution is 7.17. The van der Waals surface area contributed by atoms with E-state index in [0.29, 0.717) is 5.69 Å². The Morgan fingerprint density at radius 1 is 0.909 bits per heavy atom. The molecule has 0 bridgehead atoms. The molecule has 0 fully saturated rings.